The molecule has 0 aliphatic carbocycles. The summed E-state index contributed by atoms with van der Waals surface area (Å²) in [7, 11) is 0.520. The predicted octanol–water partition coefficient (Wildman–Crippen LogP) is 6.34. The average Bonchev–Trinajstić information content (AvgIpc) is 2.63. The van der Waals surface area contributed by atoms with Gasteiger partial charge in [-0.3, -0.25) is 4.79 Å². The van der Waals surface area contributed by atoms with Crippen LogP contribution in [0.3, 0.4) is 0 Å². The third-order valence-electron chi connectivity index (χ3n) is 6.00. The SMILES string of the molecule is CCCCCCCCC(CC)C(C)(CCCCCCCC)C(=O)O[SiH3]. The molecule has 150 valence electrons. The molecule has 0 aromatic carbocycles. The summed E-state index contributed by atoms with van der Waals surface area (Å²) in [5.41, 5.74) is -0.259. The van der Waals surface area contributed by atoms with Crippen LogP contribution in [0, 0.1) is 11.3 Å². The third kappa shape index (κ3) is 10.4. The number of unbranched alkanes of at least 4 members (excludes halogenated alkanes) is 10. The minimum atomic E-state index is -0.259. The van der Waals surface area contributed by atoms with E-state index in [4.69, 9.17) is 4.43 Å². The second-order valence-corrected chi connectivity index (χ2v) is 8.50. The van der Waals surface area contributed by atoms with Crippen LogP contribution in [-0.2, 0) is 9.22 Å². The molecule has 2 atom stereocenters. The van der Waals surface area contributed by atoms with Gasteiger partial charge in [-0.25, -0.2) is 0 Å². The fraction of sp³-hybridized carbons (Fsp3) is 0.955. The van der Waals surface area contributed by atoms with Gasteiger partial charge in [0.1, 0.15) is 0 Å². The molecule has 0 aliphatic rings. The molecule has 0 heterocycles. The Morgan fingerprint density at radius 2 is 1.32 bits per heavy atom. The van der Waals surface area contributed by atoms with E-state index in [1.165, 1.54) is 83.5 Å². The molecule has 0 spiro atoms. The van der Waals surface area contributed by atoms with Crippen LogP contribution in [0.2, 0.25) is 0 Å². The van der Waals surface area contributed by atoms with Crippen LogP contribution in [0.1, 0.15) is 124 Å². The van der Waals surface area contributed by atoms with Crippen LogP contribution in [0.15, 0.2) is 0 Å². The second-order valence-electron chi connectivity index (χ2n) is 8.09. The van der Waals surface area contributed by atoms with Crippen LogP contribution >= 0.6 is 0 Å². The summed E-state index contributed by atoms with van der Waals surface area (Å²) >= 11 is 0. The molecule has 0 fully saturated rings. The lowest BCUT2D eigenvalue weighted by Crippen LogP contribution is -2.37. The van der Waals surface area contributed by atoms with E-state index in [0.29, 0.717) is 16.4 Å². The smallest absolute Gasteiger partial charge is 0.298 e. The maximum atomic E-state index is 12.6. The van der Waals surface area contributed by atoms with E-state index in [0.717, 1.165) is 12.8 Å². The Labute approximate surface area is 161 Å². The molecule has 0 saturated heterocycles. The third-order valence-corrected chi connectivity index (χ3v) is 6.37. The molecule has 3 heteroatoms. The van der Waals surface area contributed by atoms with Gasteiger partial charge in [0.15, 0.2) is 0 Å². The van der Waals surface area contributed by atoms with E-state index < -0.39 is 0 Å². The topological polar surface area (TPSA) is 26.3 Å². The summed E-state index contributed by atoms with van der Waals surface area (Å²) in [5.74, 6) is 0.557. The number of carbonyl (C=O) groups excluding carboxylic acids is 1. The zero-order valence-electron chi connectivity index (χ0n) is 18.0. The van der Waals surface area contributed by atoms with Gasteiger partial charge in [0, 0.05) is 0 Å². The molecule has 0 amide bonds. The van der Waals surface area contributed by atoms with Crippen molar-refractivity contribution in [2.75, 3.05) is 0 Å². The number of hydrogen-bond donors (Lipinski definition) is 0. The highest BCUT2D eigenvalue weighted by molar-refractivity contribution is 6.06. The van der Waals surface area contributed by atoms with E-state index in [-0.39, 0.29) is 11.4 Å². The van der Waals surface area contributed by atoms with Gasteiger partial charge in [0.2, 0.25) is 10.5 Å². The summed E-state index contributed by atoms with van der Waals surface area (Å²) in [4.78, 5) is 12.6. The van der Waals surface area contributed by atoms with Gasteiger partial charge < -0.3 is 4.43 Å². The molecular weight excluding hydrogens is 324 g/mol. The van der Waals surface area contributed by atoms with E-state index in [9.17, 15) is 4.79 Å². The van der Waals surface area contributed by atoms with Crippen molar-refractivity contribution in [2.24, 2.45) is 11.3 Å². The van der Waals surface area contributed by atoms with Crippen molar-refractivity contribution in [1.29, 1.82) is 0 Å². The molecule has 25 heavy (non-hydrogen) atoms. The molecule has 2 unspecified atom stereocenters. The van der Waals surface area contributed by atoms with E-state index in [1.54, 1.807) is 0 Å². The van der Waals surface area contributed by atoms with Crippen molar-refractivity contribution in [1.82, 2.24) is 0 Å². The maximum absolute atomic E-state index is 12.6. The standard InChI is InChI=1S/C22H46O2Si/c1-5-8-10-12-14-16-18-20(7-3)22(4,21(23)24-25)19-17-15-13-11-9-6-2/h20H,5-19H2,1-4,25H3. The van der Waals surface area contributed by atoms with Crippen LogP contribution in [0.25, 0.3) is 0 Å². The van der Waals surface area contributed by atoms with E-state index in [1.807, 2.05) is 0 Å². The average molecular weight is 371 g/mol. The lowest BCUT2D eigenvalue weighted by molar-refractivity contribution is -0.149. The molecule has 0 N–H and O–H groups in total. The molecule has 0 aromatic heterocycles. The fourth-order valence-corrected chi connectivity index (χ4v) is 4.59. The Kier molecular flexibility index (Phi) is 15.7. The molecule has 0 bridgehead atoms. The first-order chi connectivity index (χ1) is 12.1. The Morgan fingerprint density at radius 1 is 0.840 bits per heavy atom. The quantitative estimate of drug-likeness (QED) is 0.220. The maximum Gasteiger partial charge on any atom is 0.298 e. The summed E-state index contributed by atoms with van der Waals surface area (Å²) in [5, 5.41) is 0. The first kappa shape index (κ1) is 24.7. The Bertz CT molecular complexity index is 319. The molecule has 2 nitrogen and oxygen atoms in total. The molecule has 0 aliphatic heterocycles. The van der Waals surface area contributed by atoms with E-state index >= 15 is 0 Å². The zero-order chi connectivity index (χ0) is 19.0. The van der Waals surface area contributed by atoms with Gasteiger partial charge in [0.25, 0.3) is 5.97 Å². The van der Waals surface area contributed by atoms with Crippen LogP contribution in [-0.4, -0.2) is 16.5 Å². The van der Waals surface area contributed by atoms with Gasteiger partial charge in [-0.1, -0.05) is 104 Å². The Balaban J connectivity index is 4.42. The summed E-state index contributed by atoms with van der Waals surface area (Å²) in [6.45, 7) is 8.96. The van der Waals surface area contributed by atoms with Crippen molar-refractivity contribution in [3.05, 3.63) is 0 Å². The largest absolute Gasteiger partial charge is 0.528 e. The molecule has 0 rings (SSSR count). The summed E-state index contributed by atoms with van der Waals surface area (Å²) in [6.07, 6.45) is 19.0. The molecule has 0 aromatic rings. The number of hydrogen-bond acceptors (Lipinski definition) is 2. The number of carbonyl (C=O) groups is 1. The lowest BCUT2D eigenvalue weighted by atomic mass is 9.70. The lowest BCUT2D eigenvalue weighted by Gasteiger charge is -2.35. The van der Waals surface area contributed by atoms with Crippen molar-refractivity contribution in [2.45, 2.75) is 124 Å². The van der Waals surface area contributed by atoms with Crippen molar-refractivity contribution in [3.63, 3.8) is 0 Å². The zero-order valence-corrected chi connectivity index (χ0v) is 20.0. The van der Waals surface area contributed by atoms with Crippen LogP contribution < -0.4 is 0 Å². The molecular formula is C22H46O2Si. The number of rotatable bonds is 17. The van der Waals surface area contributed by atoms with Gasteiger partial charge in [-0.05, 0) is 25.7 Å². The second kappa shape index (κ2) is 15.9. The molecule has 0 radical (unpaired) electrons. The summed E-state index contributed by atoms with van der Waals surface area (Å²) in [6, 6.07) is 0. The highest BCUT2D eigenvalue weighted by Gasteiger charge is 2.40. The van der Waals surface area contributed by atoms with Crippen molar-refractivity contribution < 1.29 is 9.22 Å². The minimum Gasteiger partial charge on any atom is -0.528 e. The first-order valence-corrected chi connectivity index (χ1v) is 12.0. The normalized spacial score (nSPS) is 15.0. The monoisotopic (exact) mass is 370 g/mol. The van der Waals surface area contributed by atoms with Crippen molar-refractivity contribution in [3.8, 4) is 0 Å². The Morgan fingerprint density at radius 3 is 1.80 bits per heavy atom. The predicted molar refractivity (Wildman–Crippen MR) is 114 cm³/mol. The Hall–Kier alpha value is -0.313. The summed E-state index contributed by atoms with van der Waals surface area (Å²) < 4.78 is 5.35. The van der Waals surface area contributed by atoms with Crippen molar-refractivity contribution >= 4 is 16.5 Å². The van der Waals surface area contributed by atoms with E-state index in [2.05, 4.69) is 27.7 Å². The molecule has 0 saturated carbocycles. The van der Waals surface area contributed by atoms with Crippen LogP contribution in [0.5, 0.6) is 0 Å². The van der Waals surface area contributed by atoms with Gasteiger partial charge in [-0.15, -0.1) is 0 Å². The van der Waals surface area contributed by atoms with Gasteiger partial charge in [0.05, 0.1) is 5.41 Å². The highest BCUT2D eigenvalue weighted by atomic mass is 28.2. The highest BCUT2D eigenvalue weighted by Crippen LogP contribution is 2.40. The van der Waals surface area contributed by atoms with Crippen LogP contribution in [0.4, 0.5) is 0 Å². The van der Waals surface area contributed by atoms with Gasteiger partial charge in [-0.2, -0.15) is 0 Å². The van der Waals surface area contributed by atoms with Gasteiger partial charge >= 0.3 is 0 Å². The first-order valence-electron chi connectivity index (χ1n) is 11.1. The minimum absolute atomic E-state index is 0.0746. The fourth-order valence-electron chi connectivity index (χ4n) is 4.12.